The fourth-order valence-electron chi connectivity index (χ4n) is 2.27. The number of hydrogen-bond donors (Lipinski definition) is 0. The van der Waals surface area contributed by atoms with Crippen LogP contribution in [0.3, 0.4) is 0 Å². The normalized spacial score (nSPS) is 16.2. The van der Waals surface area contributed by atoms with Gasteiger partial charge in [0.1, 0.15) is 6.10 Å². The molecule has 1 fully saturated rings. The van der Waals surface area contributed by atoms with Crippen molar-refractivity contribution in [2.24, 2.45) is 0 Å². The Morgan fingerprint density at radius 2 is 1.70 bits per heavy atom. The minimum Gasteiger partial charge on any atom is -0.463 e. The Morgan fingerprint density at radius 1 is 1.00 bits per heavy atom. The lowest BCUT2D eigenvalue weighted by Gasteiger charge is -2.20. The molecule has 0 aromatic heterocycles. The van der Waals surface area contributed by atoms with Crippen LogP contribution in [0.1, 0.15) is 64.7 Å². The molecule has 0 bridgehead atoms. The zero-order valence-electron chi connectivity index (χ0n) is 12.4. The van der Waals surface area contributed by atoms with Gasteiger partial charge in [-0.05, 0) is 32.1 Å². The molecule has 114 valence electrons. The van der Waals surface area contributed by atoms with Crippen LogP contribution in [0.25, 0.3) is 0 Å². The quantitative estimate of drug-likeness (QED) is 0.388. The van der Waals surface area contributed by atoms with Crippen molar-refractivity contribution in [2.75, 3.05) is 6.61 Å². The first kappa shape index (κ1) is 16.7. The van der Waals surface area contributed by atoms with E-state index in [0.29, 0.717) is 6.61 Å². The summed E-state index contributed by atoms with van der Waals surface area (Å²) in [5.41, 5.74) is 0. The van der Waals surface area contributed by atoms with E-state index in [0.717, 1.165) is 57.4 Å². The van der Waals surface area contributed by atoms with Gasteiger partial charge in [0, 0.05) is 12.2 Å². The molecule has 20 heavy (non-hydrogen) atoms. The second-order valence-corrected chi connectivity index (χ2v) is 5.26. The van der Waals surface area contributed by atoms with Gasteiger partial charge in [0.2, 0.25) is 0 Å². The van der Waals surface area contributed by atoms with Crippen LogP contribution < -0.4 is 0 Å². The molecule has 0 aromatic rings. The monoisotopic (exact) mass is 282 g/mol. The maximum absolute atomic E-state index is 11.5. The molecule has 0 saturated heterocycles. The first-order valence-electron chi connectivity index (χ1n) is 7.78. The van der Waals surface area contributed by atoms with Crippen molar-refractivity contribution in [3.63, 3.8) is 0 Å². The SMILES string of the molecule is CCCCCCOC(=O)/C=C/C(=O)OC1CCCCC1. The van der Waals surface area contributed by atoms with Gasteiger partial charge in [-0.25, -0.2) is 9.59 Å². The topological polar surface area (TPSA) is 52.6 Å². The highest BCUT2D eigenvalue weighted by atomic mass is 16.5. The summed E-state index contributed by atoms with van der Waals surface area (Å²) in [7, 11) is 0. The van der Waals surface area contributed by atoms with E-state index in [9.17, 15) is 9.59 Å². The Balaban J connectivity index is 2.11. The molecule has 0 unspecified atom stereocenters. The molecule has 1 aliphatic rings. The molecule has 1 aliphatic carbocycles. The first-order chi connectivity index (χ1) is 9.72. The number of unbranched alkanes of at least 4 members (excludes halogenated alkanes) is 3. The molecule has 0 spiro atoms. The summed E-state index contributed by atoms with van der Waals surface area (Å²) in [5, 5.41) is 0. The molecule has 0 radical (unpaired) electrons. The van der Waals surface area contributed by atoms with Crippen LogP contribution >= 0.6 is 0 Å². The summed E-state index contributed by atoms with van der Waals surface area (Å²) >= 11 is 0. The largest absolute Gasteiger partial charge is 0.463 e. The smallest absolute Gasteiger partial charge is 0.331 e. The number of hydrogen-bond acceptors (Lipinski definition) is 4. The predicted molar refractivity (Wildman–Crippen MR) is 77.2 cm³/mol. The average molecular weight is 282 g/mol. The van der Waals surface area contributed by atoms with E-state index in [1.54, 1.807) is 0 Å². The highest BCUT2D eigenvalue weighted by Crippen LogP contribution is 2.20. The number of esters is 2. The number of ether oxygens (including phenoxy) is 2. The Morgan fingerprint density at radius 3 is 2.40 bits per heavy atom. The molecular formula is C16H26O4. The standard InChI is InChI=1S/C16H26O4/c1-2-3-4-8-13-19-15(17)11-12-16(18)20-14-9-6-5-7-10-14/h11-12,14H,2-10,13H2,1H3/b12-11+. The number of carbonyl (C=O) groups excluding carboxylic acids is 2. The molecule has 4 nitrogen and oxygen atoms in total. The zero-order valence-corrected chi connectivity index (χ0v) is 12.4. The summed E-state index contributed by atoms with van der Waals surface area (Å²) < 4.78 is 10.3. The van der Waals surface area contributed by atoms with Gasteiger partial charge in [0.25, 0.3) is 0 Å². The second kappa shape index (κ2) is 10.5. The molecule has 0 aliphatic heterocycles. The minimum absolute atomic E-state index is 0.0194. The third-order valence-electron chi connectivity index (χ3n) is 3.43. The van der Waals surface area contributed by atoms with Crippen LogP contribution in [0.15, 0.2) is 12.2 Å². The summed E-state index contributed by atoms with van der Waals surface area (Å²) in [5.74, 6) is -0.915. The van der Waals surface area contributed by atoms with Gasteiger partial charge in [-0.15, -0.1) is 0 Å². The van der Waals surface area contributed by atoms with Crippen LogP contribution in [0.2, 0.25) is 0 Å². The van der Waals surface area contributed by atoms with Crippen LogP contribution in [0.5, 0.6) is 0 Å². The van der Waals surface area contributed by atoms with E-state index in [2.05, 4.69) is 6.92 Å². The Bertz CT molecular complexity index is 316. The molecule has 0 atom stereocenters. The Kier molecular flexibility index (Phi) is 8.76. The highest BCUT2D eigenvalue weighted by molar-refractivity contribution is 5.91. The fourth-order valence-corrected chi connectivity index (χ4v) is 2.27. The first-order valence-corrected chi connectivity index (χ1v) is 7.78. The number of rotatable bonds is 8. The predicted octanol–water partition coefficient (Wildman–Crippen LogP) is 3.54. The van der Waals surface area contributed by atoms with Gasteiger partial charge in [-0.1, -0.05) is 32.6 Å². The lowest BCUT2D eigenvalue weighted by molar-refractivity contribution is -0.145. The fraction of sp³-hybridized carbons (Fsp3) is 0.750. The molecular weight excluding hydrogens is 256 g/mol. The van der Waals surface area contributed by atoms with Crippen molar-refractivity contribution >= 4 is 11.9 Å². The van der Waals surface area contributed by atoms with Crippen molar-refractivity contribution in [3.8, 4) is 0 Å². The van der Waals surface area contributed by atoms with Gasteiger partial charge in [-0.3, -0.25) is 0 Å². The minimum atomic E-state index is -0.470. The van der Waals surface area contributed by atoms with Gasteiger partial charge in [-0.2, -0.15) is 0 Å². The highest BCUT2D eigenvalue weighted by Gasteiger charge is 2.16. The van der Waals surface area contributed by atoms with Gasteiger partial charge in [0.15, 0.2) is 0 Å². The molecule has 0 heterocycles. The molecule has 1 rings (SSSR count). The van der Waals surface area contributed by atoms with E-state index in [4.69, 9.17) is 9.47 Å². The van der Waals surface area contributed by atoms with E-state index < -0.39 is 11.9 Å². The molecule has 0 amide bonds. The van der Waals surface area contributed by atoms with Gasteiger partial charge >= 0.3 is 11.9 Å². The van der Waals surface area contributed by atoms with Crippen LogP contribution in [-0.2, 0) is 19.1 Å². The van der Waals surface area contributed by atoms with Crippen LogP contribution in [0, 0.1) is 0 Å². The second-order valence-electron chi connectivity index (χ2n) is 5.26. The summed E-state index contributed by atoms with van der Waals surface area (Å²) in [4.78, 5) is 22.9. The Labute approximate surface area is 121 Å². The van der Waals surface area contributed by atoms with E-state index in [1.165, 1.54) is 12.5 Å². The van der Waals surface area contributed by atoms with Gasteiger partial charge in [0.05, 0.1) is 6.61 Å². The van der Waals surface area contributed by atoms with Crippen LogP contribution in [0.4, 0.5) is 0 Å². The van der Waals surface area contributed by atoms with Crippen LogP contribution in [-0.4, -0.2) is 24.6 Å². The molecule has 4 heteroatoms. The van der Waals surface area contributed by atoms with E-state index in [-0.39, 0.29) is 6.10 Å². The zero-order chi connectivity index (χ0) is 14.6. The lowest BCUT2D eigenvalue weighted by Crippen LogP contribution is -2.19. The third kappa shape index (κ3) is 7.97. The third-order valence-corrected chi connectivity index (χ3v) is 3.43. The van der Waals surface area contributed by atoms with Crippen molar-refractivity contribution in [3.05, 3.63) is 12.2 Å². The average Bonchev–Trinajstić information content (AvgIpc) is 2.46. The van der Waals surface area contributed by atoms with Gasteiger partial charge < -0.3 is 9.47 Å². The van der Waals surface area contributed by atoms with E-state index >= 15 is 0 Å². The summed E-state index contributed by atoms with van der Waals surface area (Å²) in [6, 6.07) is 0. The van der Waals surface area contributed by atoms with Crippen molar-refractivity contribution in [1.82, 2.24) is 0 Å². The lowest BCUT2D eigenvalue weighted by atomic mass is 9.98. The van der Waals surface area contributed by atoms with Crippen molar-refractivity contribution < 1.29 is 19.1 Å². The van der Waals surface area contributed by atoms with Crippen molar-refractivity contribution in [2.45, 2.75) is 70.8 Å². The van der Waals surface area contributed by atoms with E-state index in [1.807, 2.05) is 0 Å². The number of carbonyl (C=O) groups is 2. The molecule has 0 aromatic carbocycles. The Hall–Kier alpha value is -1.32. The molecule has 1 saturated carbocycles. The molecule has 0 N–H and O–H groups in total. The summed E-state index contributed by atoms with van der Waals surface area (Å²) in [6.07, 6.45) is 11.9. The van der Waals surface area contributed by atoms with Crippen molar-refractivity contribution in [1.29, 1.82) is 0 Å². The maximum Gasteiger partial charge on any atom is 0.331 e. The summed E-state index contributed by atoms with van der Waals surface area (Å²) in [6.45, 7) is 2.55. The maximum atomic E-state index is 11.5.